The standard InChI is InChI=1S/C9H14N2.BF4/c1-3-5-8(10-2)9-6-4-7-11-9;2-1(3,4)5/h4,6-7,11H,3,5H2,1-2H3;/q;-1/p+1. The molecule has 7 heteroatoms. The molecule has 1 aromatic rings. The molecular weight excluding hydrogens is 223 g/mol. The minimum Gasteiger partial charge on any atom is -0.418 e. The minimum absolute atomic E-state index is 1.11. The molecule has 0 atom stereocenters. The number of halogens is 4. The summed E-state index contributed by atoms with van der Waals surface area (Å²) in [6.07, 6.45) is 4.23. The van der Waals surface area contributed by atoms with Crippen LogP contribution < -0.4 is 4.99 Å². The number of hydrogen-bond acceptors (Lipinski definition) is 0. The average molecular weight is 238 g/mol. The Balaban J connectivity index is 0.000000385. The second-order valence-electron chi connectivity index (χ2n) is 3.06. The van der Waals surface area contributed by atoms with Gasteiger partial charge in [0.1, 0.15) is 12.7 Å². The van der Waals surface area contributed by atoms with Crippen LogP contribution >= 0.6 is 0 Å². The van der Waals surface area contributed by atoms with E-state index in [1.807, 2.05) is 19.3 Å². The molecule has 1 rings (SSSR count). The maximum absolute atomic E-state index is 9.75. The first-order chi connectivity index (χ1) is 7.38. The van der Waals surface area contributed by atoms with E-state index in [1.165, 1.54) is 17.8 Å². The van der Waals surface area contributed by atoms with Gasteiger partial charge in [0.15, 0.2) is 5.71 Å². The van der Waals surface area contributed by atoms with Crippen LogP contribution in [0.5, 0.6) is 0 Å². The van der Waals surface area contributed by atoms with Crippen molar-refractivity contribution in [2.75, 3.05) is 7.05 Å². The Morgan fingerprint density at radius 3 is 2.25 bits per heavy atom. The van der Waals surface area contributed by atoms with Crippen molar-refractivity contribution in [1.29, 1.82) is 0 Å². The quantitative estimate of drug-likeness (QED) is 0.455. The van der Waals surface area contributed by atoms with Crippen molar-refractivity contribution in [2.45, 2.75) is 19.8 Å². The molecule has 2 nitrogen and oxygen atoms in total. The van der Waals surface area contributed by atoms with Crippen LogP contribution in [0.3, 0.4) is 0 Å². The average Bonchev–Trinajstić information content (AvgIpc) is 2.64. The van der Waals surface area contributed by atoms with Gasteiger partial charge in [-0.15, -0.1) is 0 Å². The molecule has 0 radical (unpaired) electrons. The molecule has 0 aliphatic carbocycles. The third-order valence-corrected chi connectivity index (χ3v) is 1.72. The minimum atomic E-state index is -6.00. The first-order valence-corrected chi connectivity index (χ1v) is 4.93. The lowest BCUT2D eigenvalue weighted by Gasteiger charge is -1.94. The summed E-state index contributed by atoms with van der Waals surface area (Å²) in [5, 5.41) is 0. The number of aromatic nitrogens is 1. The Labute approximate surface area is 91.9 Å². The molecule has 1 aromatic heterocycles. The lowest BCUT2D eigenvalue weighted by atomic mass is 10.2. The predicted molar refractivity (Wildman–Crippen MR) is 56.9 cm³/mol. The monoisotopic (exact) mass is 238 g/mol. The molecule has 0 fully saturated rings. The predicted octanol–water partition coefficient (Wildman–Crippen LogP) is 1.61. The molecule has 0 bridgehead atoms. The van der Waals surface area contributed by atoms with Gasteiger partial charge in [-0.2, -0.15) is 0 Å². The van der Waals surface area contributed by atoms with Gasteiger partial charge in [-0.1, -0.05) is 6.92 Å². The van der Waals surface area contributed by atoms with E-state index in [1.54, 1.807) is 0 Å². The number of aromatic amines is 1. The fraction of sp³-hybridized carbons (Fsp3) is 0.444. The van der Waals surface area contributed by atoms with Gasteiger partial charge in [0.05, 0.1) is 0 Å². The Hall–Kier alpha value is -1.27. The molecule has 0 spiro atoms. The van der Waals surface area contributed by atoms with E-state index in [9.17, 15) is 17.3 Å². The van der Waals surface area contributed by atoms with Crippen LogP contribution in [0.2, 0.25) is 0 Å². The van der Waals surface area contributed by atoms with Crippen LogP contribution in [0.1, 0.15) is 25.5 Å². The van der Waals surface area contributed by atoms with E-state index < -0.39 is 7.25 Å². The fourth-order valence-corrected chi connectivity index (χ4v) is 1.16. The smallest absolute Gasteiger partial charge is 0.418 e. The Morgan fingerprint density at radius 2 is 1.94 bits per heavy atom. The summed E-state index contributed by atoms with van der Waals surface area (Å²) in [4.78, 5) is 6.36. The van der Waals surface area contributed by atoms with E-state index in [0.29, 0.717) is 0 Å². The van der Waals surface area contributed by atoms with Crippen LogP contribution in [-0.2, 0) is 0 Å². The van der Waals surface area contributed by atoms with E-state index >= 15 is 0 Å². The molecule has 0 saturated carbocycles. The number of nitrogens with one attached hydrogen (secondary N) is 2. The normalized spacial score (nSPS) is 12.0. The Bertz CT molecular complexity index is 300. The molecular formula is C9H15BF4N2. The summed E-state index contributed by atoms with van der Waals surface area (Å²) >= 11 is 0. The lowest BCUT2D eigenvalue weighted by molar-refractivity contribution is -0.420. The highest BCUT2D eigenvalue weighted by atomic mass is 19.5. The van der Waals surface area contributed by atoms with Crippen molar-refractivity contribution < 1.29 is 22.3 Å². The number of H-pyrrole nitrogens is 1. The van der Waals surface area contributed by atoms with Gasteiger partial charge >= 0.3 is 7.25 Å². The van der Waals surface area contributed by atoms with Crippen LogP contribution in [0.4, 0.5) is 17.3 Å². The van der Waals surface area contributed by atoms with Crippen molar-refractivity contribution in [1.82, 2.24) is 4.98 Å². The second-order valence-corrected chi connectivity index (χ2v) is 3.06. The van der Waals surface area contributed by atoms with Gasteiger partial charge in [0.25, 0.3) is 0 Å². The highest BCUT2D eigenvalue weighted by Crippen LogP contribution is 2.06. The summed E-state index contributed by atoms with van der Waals surface area (Å²) in [6, 6.07) is 4.10. The summed E-state index contributed by atoms with van der Waals surface area (Å²) < 4.78 is 39.0. The lowest BCUT2D eigenvalue weighted by Crippen LogP contribution is -2.68. The van der Waals surface area contributed by atoms with E-state index in [0.717, 1.165) is 6.42 Å². The maximum atomic E-state index is 9.75. The molecule has 92 valence electrons. The molecule has 2 N–H and O–H groups in total. The maximum Gasteiger partial charge on any atom is 0.673 e. The molecule has 16 heavy (non-hydrogen) atoms. The van der Waals surface area contributed by atoms with Gasteiger partial charge < -0.3 is 22.2 Å². The SMILES string of the molecule is CCCC(=[NH+]C)c1ccc[nH]1.F[B-](F)(F)F. The Morgan fingerprint density at radius 1 is 1.38 bits per heavy atom. The van der Waals surface area contributed by atoms with Crippen LogP contribution in [0.15, 0.2) is 18.3 Å². The summed E-state index contributed by atoms with van der Waals surface area (Å²) in [5.41, 5.74) is 2.49. The zero-order valence-corrected chi connectivity index (χ0v) is 9.24. The van der Waals surface area contributed by atoms with Crippen molar-refractivity contribution in [3.05, 3.63) is 24.0 Å². The Kier molecular flexibility index (Phi) is 6.52. The van der Waals surface area contributed by atoms with Crippen LogP contribution in [0, 0.1) is 0 Å². The molecule has 1 heterocycles. The topological polar surface area (TPSA) is 29.8 Å². The molecule has 0 aliphatic rings. The molecule has 0 aromatic carbocycles. The second kappa shape index (κ2) is 7.08. The summed E-state index contributed by atoms with van der Waals surface area (Å²) in [6.45, 7) is 2.18. The third kappa shape index (κ3) is 8.08. The highest BCUT2D eigenvalue weighted by Gasteiger charge is 2.20. The zero-order chi connectivity index (χ0) is 12.6. The summed E-state index contributed by atoms with van der Waals surface area (Å²) in [7, 11) is -4.04. The number of hydrogen-bond donors (Lipinski definition) is 2. The van der Waals surface area contributed by atoms with Crippen molar-refractivity contribution >= 4 is 13.0 Å². The van der Waals surface area contributed by atoms with Gasteiger partial charge in [-0.05, 0) is 18.6 Å². The highest BCUT2D eigenvalue weighted by molar-refractivity contribution is 6.50. The molecule has 0 aliphatic heterocycles. The number of rotatable bonds is 3. The first-order valence-electron chi connectivity index (χ1n) is 4.93. The van der Waals surface area contributed by atoms with Gasteiger partial charge in [0, 0.05) is 12.6 Å². The van der Waals surface area contributed by atoms with E-state index in [4.69, 9.17) is 0 Å². The van der Waals surface area contributed by atoms with Gasteiger partial charge in [-0.3, -0.25) is 0 Å². The van der Waals surface area contributed by atoms with Crippen LogP contribution in [0.25, 0.3) is 0 Å². The first kappa shape index (κ1) is 14.7. The van der Waals surface area contributed by atoms with E-state index in [-0.39, 0.29) is 0 Å². The third-order valence-electron chi connectivity index (χ3n) is 1.72. The zero-order valence-electron chi connectivity index (χ0n) is 9.24. The molecule has 0 unspecified atom stereocenters. The van der Waals surface area contributed by atoms with Gasteiger partial charge in [0.2, 0.25) is 0 Å². The molecule has 0 saturated heterocycles. The fourth-order valence-electron chi connectivity index (χ4n) is 1.16. The van der Waals surface area contributed by atoms with Crippen molar-refractivity contribution in [2.24, 2.45) is 0 Å². The van der Waals surface area contributed by atoms with E-state index in [2.05, 4.69) is 23.0 Å². The van der Waals surface area contributed by atoms with Crippen molar-refractivity contribution in [3.8, 4) is 0 Å². The van der Waals surface area contributed by atoms with Crippen LogP contribution in [-0.4, -0.2) is 25.0 Å². The van der Waals surface area contributed by atoms with Gasteiger partial charge in [-0.25, -0.2) is 4.99 Å². The summed E-state index contributed by atoms with van der Waals surface area (Å²) in [5.74, 6) is 0. The molecule has 0 amide bonds. The van der Waals surface area contributed by atoms with Crippen molar-refractivity contribution in [3.63, 3.8) is 0 Å². The largest absolute Gasteiger partial charge is 0.673 e.